The highest BCUT2D eigenvalue weighted by Crippen LogP contribution is 2.28. The van der Waals surface area contributed by atoms with Crippen LogP contribution >= 0.6 is 11.6 Å². The molecule has 7 heteroatoms. The highest BCUT2D eigenvalue weighted by molar-refractivity contribution is 6.30. The predicted molar refractivity (Wildman–Crippen MR) is 112 cm³/mol. The first-order chi connectivity index (χ1) is 14.4. The topological polar surface area (TPSA) is 64.6 Å². The second kappa shape index (κ2) is 9.41. The Morgan fingerprint density at radius 2 is 1.77 bits per heavy atom. The number of esters is 1. The second-order valence-electron chi connectivity index (χ2n) is 6.51. The van der Waals surface area contributed by atoms with Gasteiger partial charge in [0.05, 0.1) is 18.4 Å². The molecule has 0 aromatic heterocycles. The second-order valence-corrected chi connectivity index (χ2v) is 6.95. The highest BCUT2D eigenvalue weighted by atomic mass is 35.5. The summed E-state index contributed by atoms with van der Waals surface area (Å²) in [5.41, 5.74) is 1.40. The molecule has 0 heterocycles. The number of amides is 1. The normalized spacial score (nSPS) is 11.5. The van der Waals surface area contributed by atoms with Gasteiger partial charge in [-0.25, -0.2) is 9.18 Å². The molecular weight excluding hydrogens is 409 g/mol. The van der Waals surface area contributed by atoms with E-state index in [9.17, 15) is 14.0 Å². The molecule has 1 atom stereocenters. The molecule has 3 aromatic rings. The Hall–Kier alpha value is -3.38. The SMILES string of the molecule is COc1ccc(C)cc1NC(=O)C(OC(=O)c1cc(Cl)ccc1F)c1ccccc1. The molecule has 0 saturated heterocycles. The van der Waals surface area contributed by atoms with Gasteiger partial charge in [0, 0.05) is 10.6 Å². The van der Waals surface area contributed by atoms with Crippen LogP contribution in [0.1, 0.15) is 27.6 Å². The van der Waals surface area contributed by atoms with E-state index < -0.39 is 23.8 Å². The van der Waals surface area contributed by atoms with E-state index in [1.165, 1.54) is 13.2 Å². The van der Waals surface area contributed by atoms with Crippen LogP contribution in [-0.2, 0) is 9.53 Å². The third kappa shape index (κ3) is 4.96. The molecule has 30 heavy (non-hydrogen) atoms. The molecule has 0 fully saturated rings. The maximum absolute atomic E-state index is 14.1. The standard InChI is InChI=1S/C23H19ClFNO4/c1-14-8-11-20(29-2)19(12-14)26-22(27)21(15-6-4-3-5-7-15)30-23(28)17-13-16(24)9-10-18(17)25/h3-13,21H,1-2H3,(H,26,27). The van der Waals surface area contributed by atoms with Crippen molar-refractivity contribution in [1.82, 2.24) is 0 Å². The zero-order chi connectivity index (χ0) is 21.7. The van der Waals surface area contributed by atoms with Crippen LogP contribution in [-0.4, -0.2) is 19.0 Å². The summed E-state index contributed by atoms with van der Waals surface area (Å²) in [6.45, 7) is 1.87. The Bertz CT molecular complexity index is 1070. The first-order valence-electron chi connectivity index (χ1n) is 9.05. The van der Waals surface area contributed by atoms with Gasteiger partial charge in [-0.2, -0.15) is 0 Å². The summed E-state index contributed by atoms with van der Waals surface area (Å²) in [6, 6.07) is 17.3. The van der Waals surface area contributed by atoms with E-state index in [-0.39, 0.29) is 10.6 Å². The number of carbonyl (C=O) groups excluding carboxylic acids is 2. The van der Waals surface area contributed by atoms with Crippen LogP contribution in [0.15, 0.2) is 66.7 Å². The van der Waals surface area contributed by atoms with Gasteiger partial charge in [0.2, 0.25) is 6.10 Å². The zero-order valence-electron chi connectivity index (χ0n) is 16.3. The number of nitrogens with one attached hydrogen (secondary N) is 1. The number of benzene rings is 3. The minimum Gasteiger partial charge on any atom is -0.495 e. The van der Waals surface area contributed by atoms with E-state index in [1.54, 1.807) is 42.5 Å². The van der Waals surface area contributed by atoms with Crippen molar-refractivity contribution in [2.45, 2.75) is 13.0 Å². The average Bonchev–Trinajstić information content (AvgIpc) is 2.74. The molecule has 0 bridgehead atoms. The van der Waals surface area contributed by atoms with Crippen LogP contribution < -0.4 is 10.1 Å². The lowest BCUT2D eigenvalue weighted by molar-refractivity contribution is -0.125. The summed E-state index contributed by atoms with van der Waals surface area (Å²) in [5, 5.41) is 2.90. The van der Waals surface area contributed by atoms with E-state index >= 15 is 0 Å². The molecule has 0 aliphatic carbocycles. The lowest BCUT2D eigenvalue weighted by Gasteiger charge is -2.19. The molecule has 0 aliphatic heterocycles. The van der Waals surface area contributed by atoms with Crippen molar-refractivity contribution in [3.63, 3.8) is 0 Å². The van der Waals surface area contributed by atoms with Crippen molar-refractivity contribution >= 4 is 29.2 Å². The van der Waals surface area contributed by atoms with Gasteiger partial charge in [-0.15, -0.1) is 0 Å². The summed E-state index contributed by atoms with van der Waals surface area (Å²) in [4.78, 5) is 25.7. The van der Waals surface area contributed by atoms with Crippen LogP contribution in [0.25, 0.3) is 0 Å². The summed E-state index contributed by atoms with van der Waals surface area (Å²) < 4.78 is 24.8. The van der Waals surface area contributed by atoms with Gasteiger partial charge in [0.15, 0.2) is 0 Å². The van der Waals surface area contributed by atoms with Crippen LogP contribution in [0.2, 0.25) is 5.02 Å². The number of hydrogen-bond donors (Lipinski definition) is 1. The van der Waals surface area contributed by atoms with E-state index in [2.05, 4.69) is 5.32 Å². The van der Waals surface area contributed by atoms with Crippen LogP contribution in [0.3, 0.4) is 0 Å². The van der Waals surface area contributed by atoms with Crippen molar-refractivity contribution in [1.29, 1.82) is 0 Å². The molecule has 154 valence electrons. The number of rotatable bonds is 6. The number of aryl methyl sites for hydroxylation is 1. The fraction of sp³-hybridized carbons (Fsp3) is 0.130. The lowest BCUT2D eigenvalue weighted by atomic mass is 10.1. The van der Waals surface area contributed by atoms with Crippen molar-refractivity contribution < 1.29 is 23.5 Å². The van der Waals surface area contributed by atoms with Gasteiger partial charge in [0.25, 0.3) is 5.91 Å². The number of methoxy groups -OCH3 is 1. The Morgan fingerprint density at radius 1 is 1.03 bits per heavy atom. The molecule has 0 radical (unpaired) electrons. The number of halogens is 2. The molecule has 3 aromatic carbocycles. The summed E-state index contributed by atoms with van der Waals surface area (Å²) >= 11 is 5.86. The molecule has 3 rings (SSSR count). The van der Waals surface area contributed by atoms with Gasteiger partial charge in [0.1, 0.15) is 11.6 Å². The Morgan fingerprint density at radius 3 is 2.47 bits per heavy atom. The van der Waals surface area contributed by atoms with E-state index in [4.69, 9.17) is 21.1 Å². The monoisotopic (exact) mass is 427 g/mol. The van der Waals surface area contributed by atoms with E-state index in [0.29, 0.717) is 17.0 Å². The van der Waals surface area contributed by atoms with E-state index in [0.717, 1.165) is 17.7 Å². The molecule has 0 saturated carbocycles. The zero-order valence-corrected chi connectivity index (χ0v) is 17.1. The summed E-state index contributed by atoms with van der Waals surface area (Å²) in [6.07, 6.45) is -1.32. The maximum Gasteiger partial charge on any atom is 0.342 e. The molecule has 1 unspecified atom stereocenters. The molecule has 0 spiro atoms. The molecule has 1 N–H and O–H groups in total. The van der Waals surface area contributed by atoms with E-state index in [1.807, 2.05) is 13.0 Å². The Kier molecular flexibility index (Phi) is 6.69. The minimum atomic E-state index is -1.32. The molecule has 1 amide bonds. The minimum absolute atomic E-state index is 0.175. The fourth-order valence-electron chi connectivity index (χ4n) is 2.84. The average molecular weight is 428 g/mol. The van der Waals surface area contributed by atoms with Gasteiger partial charge in [-0.05, 0) is 42.8 Å². The van der Waals surface area contributed by atoms with Crippen LogP contribution in [0, 0.1) is 12.7 Å². The Labute approximate surface area is 178 Å². The summed E-state index contributed by atoms with van der Waals surface area (Å²) in [7, 11) is 1.48. The first-order valence-corrected chi connectivity index (χ1v) is 9.43. The number of ether oxygens (including phenoxy) is 2. The number of carbonyl (C=O) groups is 2. The van der Waals surface area contributed by atoms with Gasteiger partial charge < -0.3 is 14.8 Å². The highest BCUT2D eigenvalue weighted by Gasteiger charge is 2.27. The summed E-state index contributed by atoms with van der Waals surface area (Å²) in [5.74, 6) is -1.96. The fourth-order valence-corrected chi connectivity index (χ4v) is 3.02. The smallest absolute Gasteiger partial charge is 0.342 e. The van der Waals surface area contributed by atoms with Gasteiger partial charge >= 0.3 is 5.97 Å². The molecule has 0 aliphatic rings. The first kappa shape index (κ1) is 21.3. The van der Waals surface area contributed by atoms with Crippen LogP contribution in [0.4, 0.5) is 10.1 Å². The quantitative estimate of drug-likeness (QED) is 0.540. The number of anilines is 1. The van der Waals surface area contributed by atoms with Gasteiger partial charge in [-0.1, -0.05) is 48.0 Å². The third-order valence-corrected chi connectivity index (χ3v) is 4.56. The van der Waals surface area contributed by atoms with Crippen molar-refractivity contribution in [2.24, 2.45) is 0 Å². The van der Waals surface area contributed by atoms with Gasteiger partial charge in [-0.3, -0.25) is 4.79 Å². The van der Waals surface area contributed by atoms with Crippen molar-refractivity contribution in [2.75, 3.05) is 12.4 Å². The lowest BCUT2D eigenvalue weighted by Crippen LogP contribution is -2.26. The molecular formula is C23H19ClFNO4. The van der Waals surface area contributed by atoms with Crippen molar-refractivity contribution in [3.8, 4) is 5.75 Å². The largest absolute Gasteiger partial charge is 0.495 e. The Balaban J connectivity index is 1.92. The molecule has 5 nitrogen and oxygen atoms in total. The van der Waals surface area contributed by atoms with Crippen LogP contribution in [0.5, 0.6) is 5.75 Å². The van der Waals surface area contributed by atoms with Crippen molar-refractivity contribution in [3.05, 3.63) is 94.3 Å². The maximum atomic E-state index is 14.1. The number of hydrogen-bond acceptors (Lipinski definition) is 4. The third-order valence-electron chi connectivity index (χ3n) is 4.33. The predicted octanol–water partition coefficient (Wildman–Crippen LogP) is 5.33.